The van der Waals surface area contributed by atoms with Gasteiger partial charge in [0.05, 0.1) is 18.2 Å². The molecule has 162 valence electrons. The molecule has 3 aromatic rings. The molecule has 0 saturated heterocycles. The van der Waals surface area contributed by atoms with Gasteiger partial charge in [0.2, 0.25) is 10.0 Å². The molecule has 2 aromatic carbocycles. The molecular formula is C22H23FN4O3S. The third-order valence-electron chi connectivity index (χ3n) is 4.68. The van der Waals surface area contributed by atoms with Crippen LogP contribution in [0.25, 0.3) is 5.69 Å². The van der Waals surface area contributed by atoms with Crippen LogP contribution in [0.4, 0.5) is 10.1 Å². The number of nitrogens with one attached hydrogen (secondary N) is 1. The highest BCUT2D eigenvalue weighted by molar-refractivity contribution is 7.92. The van der Waals surface area contributed by atoms with E-state index in [1.807, 2.05) is 24.5 Å². The summed E-state index contributed by atoms with van der Waals surface area (Å²) in [4.78, 5) is 12.3. The van der Waals surface area contributed by atoms with Gasteiger partial charge in [-0.25, -0.2) is 18.2 Å². The highest BCUT2D eigenvalue weighted by atomic mass is 32.2. The summed E-state index contributed by atoms with van der Waals surface area (Å²) in [5.74, 6) is -0.882. The molecule has 31 heavy (non-hydrogen) atoms. The average Bonchev–Trinajstić information content (AvgIpc) is 3.00. The summed E-state index contributed by atoms with van der Waals surface area (Å²) in [6.07, 6.45) is 2.54. The van der Waals surface area contributed by atoms with Gasteiger partial charge in [0.1, 0.15) is 12.4 Å². The molecule has 0 spiro atoms. The van der Waals surface area contributed by atoms with Gasteiger partial charge in [-0.1, -0.05) is 18.2 Å². The molecule has 1 amide bonds. The van der Waals surface area contributed by atoms with Crippen LogP contribution in [0, 0.1) is 19.7 Å². The standard InChI is InChI=1S/C22H23FN4O3S/c1-16-13-18(17(2)27(16)21-11-9-19(23)10-12-21)14-24-25-22(28)15-26(31(3,29)30)20-7-5-4-6-8-20/h4-14H,15H2,1-3H3,(H,25,28)/b24-14+. The number of carbonyl (C=O) groups excluding carboxylic acids is 1. The number of anilines is 1. The van der Waals surface area contributed by atoms with E-state index < -0.39 is 22.5 Å². The van der Waals surface area contributed by atoms with Crippen LogP contribution in [-0.4, -0.2) is 37.9 Å². The molecular weight excluding hydrogens is 419 g/mol. The number of aryl methyl sites for hydroxylation is 1. The second kappa shape index (κ2) is 9.13. The van der Waals surface area contributed by atoms with Crippen LogP contribution in [-0.2, 0) is 14.8 Å². The Bertz CT molecular complexity index is 1200. The van der Waals surface area contributed by atoms with Crippen molar-refractivity contribution in [1.82, 2.24) is 9.99 Å². The number of halogens is 1. The Morgan fingerprint density at radius 1 is 1.13 bits per heavy atom. The Balaban J connectivity index is 1.72. The lowest BCUT2D eigenvalue weighted by atomic mass is 10.2. The molecule has 1 N–H and O–H groups in total. The lowest BCUT2D eigenvalue weighted by molar-refractivity contribution is -0.119. The Labute approximate surface area is 180 Å². The fraction of sp³-hybridized carbons (Fsp3) is 0.182. The Morgan fingerprint density at radius 3 is 2.39 bits per heavy atom. The molecule has 0 fully saturated rings. The quantitative estimate of drug-likeness (QED) is 0.451. The zero-order valence-corrected chi connectivity index (χ0v) is 18.2. The molecule has 3 rings (SSSR count). The van der Waals surface area contributed by atoms with E-state index in [-0.39, 0.29) is 5.82 Å². The maximum Gasteiger partial charge on any atom is 0.260 e. The first-order chi connectivity index (χ1) is 14.7. The van der Waals surface area contributed by atoms with Crippen LogP contribution < -0.4 is 9.73 Å². The summed E-state index contributed by atoms with van der Waals surface area (Å²) >= 11 is 0. The number of hydrogen-bond donors (Lipinski definition) is 1. The predicted molar refractivity (Wildman–Crippen MR) is 120 cm³/mol. The largest absolute Gasteiger partial charge is 0.318 e. The smallest absolute Gasteiger partial charge is 0.260 e. The SMILES string of the molecule is Cc1cc(/C=N/NC(=O)CN(c2ccccc2)S(C)(=O)=O)c(C)n1-c1ccc(F)cc1. The molecule has 0 unspecified atom stereocenters. The van der Waals surface area contributed by atoms with Gasteiger partial charge in [-0.05, 0) is 56.3 Å². The number of amides is 1. The first kappa shape index (κ1) is 22.2. The molecule has 0 saturated carbocycles. The zero-order valence-electron chi connectivity index (χ0n) is 17.4. The summed E-state index contributed by atoms with van der Waals surface area (Å²) in [7, 11) is -3.64. The summed E-state index contributed by atoms with van der Waals surface area (Å²) in [5, 5.41) is 3.97. The van der Waals surface area contributed by atoms with E-state index >= 15 is 0 Å². The number of sulfonamides is 1. The Hall–Kier alpha value is -3.46. The lowest BCUT2D eigenvalue weighted by Crippen LogP contribution is -2.38. The van der Waals surface area contributed by atoms with Crippen LogP contribution in [0.3, 0.4) is 0 Å². The first-order valence-electron chi connectivity index (χ1n) is 9.46. The van der Waals surface area contributed by atoms with Gasteiger partial charge in [0, 0.05) is 22.6 Å². The van der Waals surface area contributed by atoms with Crippen molar-refractivity contribution in [2.24, 2.45) is 5.10 Å². The molecule has 0 aliphatic heterocycles. The summed E-state index contributed by atoms with van der Waals surface area (Å²) < 4.78 is 40.3. The highest BCUT2D eigenvalue weighted by Gasteiger charge is 2.20. The molecule has 0 aliphatic carbocycles. The summed E-state index contributed by atoms with van der Waals surface area (Å²) in [6.45, 7) is 3.41. The zero-order chi connectivity index (χ0) is 22.6. The molecule has 7 nitrogen and oxygen atoms in total. The van der Waals surface area contributed by atoms with Crippen molar-refractivity contribution in [3.05, 3.63) is 83.4 Å². The minimum Gasteiger partial charge on any atom is -0.318 e. The van der Waals surface area contributed by atoms with Crippen molar-refractivity contribution >= 4 is 27.8 Å². The van der Waals surface area contributed by atoms with Crippen LogP contribution in [0.5, 0.6) is 0 Å². The van der Waals surface area contributed by atoms with Gasteiger partial charge in [-0.2, -0.15) is 5.10 Å². The van der Waals surface area contributed by atoms with Gasteiger partial charge >= 0.3 is 0 Å². The minimum atomic E-state index is -3.64. The second-order valence-electron chi connectivity index (χ2n) is 7.04. The van der Waals surface area contributed by atoms with Gasteiger partial charge in [-0.3, -0.25) is 9.10 Å². The van der Waals surface area contributed by atoms with E-state index in [0.717, 1.165) is 33.2 Å². The number of carbonyl (C=O) groups is 1. The number of benzene rings is 2. The summed E-state index contributed by atoms with van der Waals surface area (Å²) in [6, 6.07) is 16.4. The molecule has 9 heteroatoms. The van der Waals surface area contributed by atoms with Crippen LogP contribution in [0.1, 0.15) is 17.0 Å². The van der Waals surface area contributed by atoms with Crippen LogP contribution >= 0.6 is 0 Å². The summed E-state index contributed by atoms with van der Waals surface area (Å²) in [5.41, 5.74) is 6.13. The number of nitrogens with zero attached hydrogens (tertiary/aromatic N) is 3. The molecule has 0 atom stereocenters. The number of rotatable bonds is 7. The van der Waals surface area contributed by atoms with Crippen LogP contribution in [0.2, 0.25) is 0 Å². The van der Waals surface area contributed by atoms with E-state index in [9.17, 15) is 17.6 Å². The minimum absolute atomic E-state index is 0.311. The Morgan fingerprint density at radius 2 is 1.77 bits per heavy atom. The van der Waals surface area contributed by atoms with Gasteiger partial charge in [0.15, 0.2) is 0 Å². The van der Waals surface area contributed by atoms with Gasteiger partial charge in [0.25, 0.3) is 5.91 Å². The fourth-order valence-electron chi connectivity index (χ4n) is 3.24. The van der Waals surface area contributed by atoms with Crippen molar-refractivity contribution in [1.29, 1.82) is 0 Å². The number of hydrazone groups is 1. The van der Waals surface area contributed by atoms with Gasteiger partial charge < -0.3 is 4.57 Å². The van der Waals surface area contributed by atoms with E-state index in [2.05, 4.69) is 10.5 Å². The molecule has 1 heterocycles. The van der Waals surface area contributed by atoms with E-state index in [1.54, 1.807) is 42.5 Å². The lowest BCUT2D eigenvalue weighted by Gasteiger charge is -2.21. The fourth-order valence-corrected chi connectivity index (χ4v) is 4.10. The number of para-hydroxylation sites is 1. The predicted octanol–water partition coefficient (Wildman–Crippen LogP) is 3.15. The normalized spacial score (nSPS) is 11.6. The topological polar surface area (TPSA) is 83.8 Å². The van der Waals surface area contributed by atoms with Crippen LogP contribution in [0.15, 0.2) is 65.8 Å². The first-order valence-corrected chi connectivity index (χ1v) is 11.3. The third-order valence-corrected chi connectivity index (χ3v) is 5.82. The van der Waals surface area contributed by atoms with Crippen molar-refractivity contribution in [2.75, 3.05) is 17.1 Å². The monoisotopic (exact) mass is 442 g/mol. The molecule has 1 aromatic heterocycles. The second-order valence-corrected chi connectivity index (χ2v) is 8.94. The van der Waals surface area contributed by atoms with E-state index in [1.165, 1.54) is 18.3 Å². The van der Waals surface area contributed by atoms with Crippen molar-refractivity contribution < 1.29 is 17.6 Å². The number of aromatic nitrogens is 1. The Kier molecular flexibility index (Phi) is 6.55. The van der Waals surface area contributed by atoms with E-state index in [0.29, 0.717) is 5.69 Å². The van der Waals surface area contributed by atoms with E-state index in [4.69, 9.17) is 0 Å². The maximum absolute atomic E-state index is 13.2. The average molecular weight is 443 g/mol. The van der Waals surface area contributed by atoms with Crippen molar-refractivity contribution in [2.45, 2.75) is 13.8 Å². The molecule has 0 aliphatic rings. The molecule has 0 bridgehead atoms. The number of hydrogen-bond acceptors (Lipinski definition) is 4. The maximum atomic E-state index is 13.2. The van der Waals surface area contributed by atoms with Crippen molar-refractivity contribution in [3.63, 3.8) is 0 Å². The van der Waals surface area contributed by atoms with Gasteiger partial charge in [-0.15, -0.1) is 0 Å². The molecule has 0 radical (unpaired) electrons. The third kappa shape index (κ3) is 5.37. The van der Waals surface area contributed by atoms with Crippen molar-refractivity contribution in [3.8, 4) is 5.69 Å². The highest BCUT2D eigenvalue weighted by Crippen LogP contribution is 2.20.